The van der Waals surface area contributed by atoms with Crippen molar-refractivity contribution in [3.05, 3.63) is 35.4 Å². The molecule has 6 nitrogen and oxygen atoms in total. The molecule has 4 atom stereocenters. The molecule has 1 aromatic carbocycles. The van der Waals surface area contributed by atoms with E-state index >= 15 is 0 Å². The van der Waals surface area contributed by atoms with Gasteiger partial charge in [0.05, 0.1) is 11.5 Å². The number of carbonyl (C=O) groups excluding carboxylic acids is 3. The Morgan fingerprint density at radius 1 is 0.879 bits per heavy atom. The number of ketones is 1. The monoisotopic (exact) mass is 460 g/mol. The first-order valence-corrected chi connectivity index (χ1v) is 11.5. The molecule has 0 amide bonds. The molecule has 6 heteroatoms. The van der Waals surface area contributed by atoms with Gasteiger partial charge in [0.15, 0.2) is 5.78 Å². The molecule has 0 saturated heterocycles. The first-order valence-electron chi connectivity index (χ1n) is 11.5. The quantitative estimate of drug-likeness (QED) is 0.519. The van der Waals surface area contributed by atoms with Crippen molar-refractivity contribution in [1.82, 2.24) is 0 Å². The van der Waals surface area contributed by atoms with Gasteiger partial charge in [0.2, 0.25) is 0 Å². The molecule has 0 unspecified atom stereocenters. The molecule has 0 spiro atoms. The van der Waals surface area contributed by atoms with Crippen molar-refractivity contribution in [3.8, 4) is 0 Å². The topological polar surface area (TPSA) is 89.9 Å². The van der Waals surface area contributed by atoms with Crippen molar-refractivity contribution in [2.45, 2.75) is 104 Å². The van der Waals surface area contributed by atoms with Gasteiger partial charge < -0.3 is 14.6 Å². The lowest BCUT2D eigenvalue weighted by Gasteiger charge is -2.44. The van der Waals surface area contributed by atoms with Crippen LogP contribution in [-0.4, -0.2) is 39.6 Å². The van der Waals surface area contributed by atoms with E-state index in [1.807, 2.05) is 24.3 Å². The van der Waals surface area contributed by atoms with Crippen LogP contribution in [0.5, 0.6) is 0 Å². The molecule has 1 aliphatic carbocycles. The minimum Gasteiger partial charge on any atom is -0.460 e. The van der Waals surface area contributed by atoms with Gasteiger partial charge in [-0.1, -0.05) is 45.0 Å². The van der Waals surface area contributed by atoms with Crippen molar-refractivity contribution >= 4 is 17.7 Å². The lowest BCUT2D eigenvalue weighted by molar-refractivity contribution is -0.182. The highest BCUT2D eigenvalue weighted by molar-refractivity contribution is 6.03. The van der Waals surface area contributed by atoms with Crippen LogP contribution in [0.1, 0.15) is 92.7 Å². The summed E-state index contributed by atoms with van der Waals surface area (Å²) < 4.78 is 11.2. The molecule has 0 bridgehead atoms. The van der Waals surface area contributed by atoms with Gasteiger partial charge in [-0.25, -0.2) is 0 Å². The number of ether oxygens (including phenoxy) is 2. The number of rotatable bonds is 3. The Labute approximate surface area is 198 Å². The van der Waals surface area contributed by atoms with Crippen LogP contribution in [0.2, 0.25) is 0 Å². The number of benzene rings is 1. The van der Waals surface area contributed by atoms with E-state index in [1.165, 1.54) is 6.92 Å². The van der Waals surface area contributed by atoms with Crippen LogP contribution in [0.25, 0.3) is 0 Å². The summed E-state index contributed by atoms with van der Waals surface area (Å²) in [6.45, 7) is 18.1. The third kappa shape index (κ3) is 6.66. The Bertz CT molecular complexity index is 891. The minimum absolute atomic E-state index is 0.0957. The second-order valence-corrected chi connectivity index (χ2v) is 12.4. The fourth-order valence-electron chi connectivity index (χ4n) is 4.35. The maximum Gasteiger partial charge on any atom is 0.317 e. The van der Waals surface area contributed by atoms with E-state index in [2.05, 4.69) is 20.8 Å². The zero-order valence-electron chi connectivity index (χ0n) is 21.7. The summed E-state index contributed by atoms with van der Waals surface area (Å²) >= 11 is 0. The van der Waals surface area contributed by atoms with Gasteiger partial charge in [0.25, 0.3) is 0 Å². The Hall–Kier alpha value is -2.21. The second-order valence-electron chi connectivity index (χ2n) is 12.4. The number of hydrogen-bond donors (Lipinski definition) is 1. The lowest BCUT2D eigenvalue weighted by atomic mass is 9.61. The average Bonchev–Trinajstić information content (AvgIpc) is 2.56. The first-order chi connectivity index (χ1) is 14.7. The summed E-state index contributed by atoms with van der Waals surface area (Å²) in [7, 11) is 0. The van der Waals surface area contributed by atoms with E-state index in [0.29, 0.717) is 5.56 Å². The molecule has 1 aliphatic rings. The van der Waals surface area contributed by atoms with E-state index in [1.54, 1.807) is 41.5 Å². The molecule has 1 saturated carbocycles. The van der Waals surface area contributed by atoms with Gasteiger partial charge in [0.1, 0.15) is 17.1 Å². The summed E-state index contributed by atoms with van der Waals surface area (Å²) in [5.41, 5.74) is -1.69. The molecule has 1 aromatic rings. The number of esters is 2. The molecule has 0 radical (unpaired) electrons. The van der Waals surface area contributed by atoms with Crippen molar-refractivity contribution in [2.24, 2.45) is 11.8 Å². The molecule has 33 heavy (non-hydrogen) atoms. The fraction of sp³-hybridized carbons (Fsp3) is 0.667. The third-order valence-electron chi connectivity index (χ3n) is 5.75. The van der Waals surface area contributed by atoms with Crippen LogP contribution in [0, 0.1) is 11.8 Å². The summed E-state index contributed by atoms with van der Waals surface area (Å²) in [5.74, 6) is -5.03. The zero-order valence-corrected chi connectivity index (χ0v) is 21.7. The van der Waals surface area contributed by atoms with Gasteiger partial charge in [-0.05, 0) is 65.0 Å². The van der Waals surface area contributed by atoms with Crippen LogP contribution in [0.15, 0.2) is 24.3 Å². The summed E-state index contributed by atoms with van der Waals surface area (Å²) in [5, 5.41) is 11.2. The Balaban J connectivity index is 2.66. The van der Waals surface area contributed by atoms with Crippen LogP contribution in [0.3, 0.4) is 0 Å². The summed E-state index contributed by atoms with van der Waals surface area (Å²) in [4.78, 5) is 39.8. The smallest absolute Gasteiger partial charge is 0.317 e. The Morgan fingerprint density at radius 2 is 1.33 bits per heavy atom. The molecule has 0 aromatic heterocycles. The molecule has 0 aliphatic heterocycles. The third-order valence-corrected chi connectivity index (χ3v) is 5.75. The molecular weight excluding hydrogens is 420 g/mol. The largest absolute Gasteiger partial charge is 0.460 e. The van der Waals surface area contributed by atoms with Gasteiger partial charge in [-0.3, -0.25) is 14.4 Å². The van der Waals surface area contributed by atoms with Crippen molar-refractivity contribution in [2.75, 3.05) is 0 Å². The van der Waals surface area contributed by atoms with Gasteiger partial charge in [-0.15, -0.1) is 0 Å². The van der Waals surface area contributed by atoms with Gasteiger partial charge in [0, 0.05) is 12.3 Å². The summed E-state index contributed by atoms with van der Waals surface area (Å²) in [6.07, 6.45) is -0.336. The molecule has 1 N–H and O–H groups in total. The van der Waals surface area contributed by atoms with E-state index < -0.39 is 52.3 Å². The number of Topliss-reactive ketones (excluding diaryl/α,β-unsaturated/α-hetero) is 1. The van der Waals surface area contributed by atoms with E-state index in [0.717, 1.165) is 5.56 Å². The average molecular weight is 461 g/mol. The SMILES string of the molecule is CC(C)(C)OC(=O)[C@H]1C(=O)C[C@](C)(O)[C@H](C(=O)OC(C)(C)C)[C@@H]1c1ccc(C(C)(C)C)cc1. The van der Waals surface area contributed by atoms with Crippen LogP contribution >= 0.6 is 0 Å². The number of aliphatic hydroxyl groups is 1. The van der Waals surface area contributed by atoms with Gasteiger partial charge >= 0.3 is 11.9 Å². The normalized spacial score (nSPS) is 26.6. The predicted octanol–water partition coefficient (Wildman–Crippen LogP) is 4.71. The van der Waals surface area contributed by atoms with Crippen LogP contribution in [-0.2, 0) is 29.3 Å². The molecule has 0 heterocycles. The van der Waals surface area contributed by atoms with E-state index in [9.17, 15) is 19.5 Å². The highest BCUT2D eigenvalue weighted by Crippen LogP contribution is 2.47. The molecular formula is C27H40O6. The lowest BCUT2D eigenvalue weighted by Crippen LogP contribution is -2.56. The number of carbonyl (C=O) groups is 3. The Morgan fingerprint density at radius 3 is 1.76 bits per heavy atom. The van der Waals surface area contributed by atoms with Crippen LogP contribution in [0.4, 0.5) is 0 Å². The molecule has 2 rings (SSSR count). The van der Waals surface area contributed by atoms with E-state index in [-0.39, 0.29) is 11.8 Å². The standard InChI is InChI=1S/C27H40O6/c1-24(2,3)17-13-11-16(12-14-17)19-20(22(29)32-25(4,5)6)18(28)15-27(10,31)21(19)23(30)33-26(7,8)9/h11-14,19-21,31H,15H2,1-10H3/t19-,20+,21+,27+/m1/s1. The van der Waals surface area contributed by atoms with E-state index in [4.69, 9.17) is 9.47 Å². The Kier molecular flexibility index (Phi) is 7.26. The zero-order chi connectivity index (χ0) is 25.6. The van der Waals surface area contributed by atoms with Gasteiger partial charge in [-0.2, -0.15) is 0 Å². The fourth-order valence-corrected chi connectivity index (χ4v) is 4.35. The molecule has 1 fully saturated rings. The van der Waals surface area contributed by atoms with Crippen molar-refractivity contribution < 1.29 is 29.0 Å². The maximum atomic E-state index is 13.4. The van der Waals surface area contributed by atoms with Crippen molar-refractivity contribution in [1.29, 1.82) is 0 Å². The highest BCUT2D eigenvalue weighted by Gasteiger charge is 2.57. The molecule has 184 valence electrons. The number of hydrogen-bond acceptors (Lipinski definition) is 6. The second kappa shape index (κ2) is 8.86. The predicted molar refractivity (Wildman–Crippen MR) is 127 cm³/mol. The van der Waals surface area contributed by atoms with Crippen molar-refractivity contribution in [3.63, 3.8) is 0 Å². The maximum absolute atomic E-state index is 13.4. The van der Waals surface area contributed by atoms with Crippen LogP contribution < -0.4 is 0 Å². The summed E-state index contributed by atoms with van der Waals surface area (Å²) in [6, 6.07) is 7.52. The minimum atomic E-state index is -1.68. The highest BCUT2D eigenvalue weighted by atomic mass is 16.6. The first kappa shape index (κ1) is 27.0.